The second kappa shape index (κ2) is 8.58. The third-order valence-corrected chi connectivity index (χ3v) is 11.1. The quantitative estimate of drug-likeness (QED) is 0.488. The van der Waals surface area contributed by atoms with E-state index in [2.05, 4.69) is 42.7 Å². The van der Waals surface area contributed by atoms with Crippen LogP contribution in [0.5, 0.6) is 11.5 Å². The number of nitrogens with zero attached hydrogens (tertiary/aromatic N) is 1. The first-order chi connectivity index (χ1) is 18.4. The van der Waals surface area contributed by atoms with Gasteiger partial charge in [-0.3, -0.25) is 4.90 Å². The van der Waals surface area contributed by atoms with Crippen molar-refractivity contribution >= 4 is 0 Å². The Kier molecular flexibility index (Phi) is 5.57. The molecule has 2 heterocycles. The summed E-state index contributed by atoms with van der Waals surface area (Å²) in [7, 11) is 3.53. The van der Waals surface area contributed by atoms with Gasteiger partial charge in [-0.05, 0) is 74.1 Å². The first-order valence-electron chi connectivity index (χ1n) is 14.4. The molecular formula is C33H41NO4. The fourth-order valence-corrected chi connectivity index (χ4v) is 9.18. The molecule has 0 radical (unpaired) electrons. The van der Waals surface area contributed by atoms with Crippen LogP contribution >= 0.6 is 0 Å². The van der Waals surface area contributed by atoms with E-state index < -0.39 is 11.0 Å². The summed E-state index contributed by atoms with van der Waals surface area (Å²) in [6.07, 6.45) is 7.50. The number of aliphatic hydroxyl groups is 1. The molecule has 7 rings (SSSR count). The van der Waals surface area contributed by atoms with Gasteiger partial charge in [0.05, 0.1) is 7.11 Å². The fourth-order valence-electron chi connectivity index (χ4n) is 9.18. The van der Waals surface area contributed by atoms with Gasteiger partial charge >= 0.3 is 0 Å². The molecule has 2 bridgehead atoms. The van der Waals surface area contributed by atoms with Crippen LogP contribution < -0.4 is 9.47 Å². The highest BCUT2D eigenvalue weighted by atomic mass is 16.6. The Labute approximate surface area is 226 Å². The van der Waals surface area contributed by atoms with Crippen LogP contribution in [0.25, 0.3) is 0 Å². The summed E-state index contributed by atoms with van der Waals surface area (Å²) in [5.74, 6) is 2.92. The molecule has 2 aromatic carbocycles. The summed E-state index contributed by atoms with van der Waals surface area (Å²) < 4.78 is 19.3. The molecule has 3 unspecified atom stereocenters. The van der Waals surface area contributed by atoms with E-state index in [1.54, 1.807) is 14.2 Å². The lowest BCUT2D eigenvalue weighted by Crippen LogP contribution is -2.73. The second-order valence-electron chi connectivity index (χ2n) is 12.8. The van der Waals surface area contributed by atoms with Crippen LogP contribution in [-0.4, -0.2) is 55.6 Å². The lowest BCUT2D eigenvalue weighted by Gasteiger charge is -2.65. The van der Waals surface area contributed by atoms with Gasteiger partial charge in [-0.25, -0.2) is 0 Å². The Balaban J connectivity index is 1.42. The molecule has 2 aromatic rings. The number of piperidine rings is 1. The molecule has 38 heavy (non-hydrogen) atoms. The molecule has 1 N–H and O–H groups in total. The number of rotatable bonds is 8. The lowest BCUT2D eigenvalue weighted by atomic mass is 9.44. The third kappa shape index (κ3) is 3.10. The molecule has 1 spiro atoms. The maximum Gasteiger partial charge on any atom is 0.165 e. The van der Waals surface area contributed by atoms with Gasteiger partial charge in [0.25, 0.3) is 0 Å². The predicted molar refractivity (Wildman–Crippen MR) is 148 cm³/mol. The van der Waals surface area contributed by atoms with Crippen molar-refractivity contribution in [2.45, 2.75) is 74.7 Å². The molecule has 3 fully saturated rings. The van der Waals surface area contributed by atoms with Gasteiger partial charge in [0, 0.05) is 36.1 Å². The van der Waals surface area contributed by atoms with Gasteiger partial charge in [0.15, 0.2) is 11.5 Å². The molecule has 2 saturated carbocycles. The van der Waals surface area contributed by atoms with Crippen molar-refractivity contribution < 1.29 is 19.3 Å². The summed E-state index contributed by atoms with van der Waals surface area (Å²) >= 11 is 0. The number of ether oxygens (including phenoxy) is 3. The third-order valence-electron chi connectivity index (χ3n) is 11.1. The first kappa shape index (κ1) is 24.7. The van der Waals surface area contributed by atoms with Crippen molar-refractivity contribution in [3.63, 3.8) is 0 Å². The molecule has 7 atom stereocenters. The Morgan fingerprint density at radius 1 is 1.18 bits per heavy atom. The van der Waals surface area contributed by atoms with E-state index in [4.69, 9.17) is 14.2 Å². The highest BCUT2D eigenvalue weighted by Gasteiger charge is 2.73. The van der Waals surface area contributed by atoms with Gasteiger partial charge in [0.2, 0.25) is 0 Å². The van der Waals surface area contributed by atoms with Crippen LogP contribution in [0.2, 0.25) is 0 Å². The van der Waals surface area contributed by atoms with Gasteiger partial charge in [-0.1, -0.05) is 49.4 Å². The molecule has 2 aliphatic heterocycles. The van der Waals surface area contributed by atoms with E-state index >= 15 is 0 Å². The standard InChI is InChI=1S/C33H41NO4/c1-5-15-33(35,23-9-7-6-8-10-23)31(2)19-24-25-18-22-13-14-26(36-3)28-27(22)32(24,30(38-28)29(31)37-4)16-17-34(25)20-21-11-12-21/h5-10,13-14,21,24-25,29-30,35H,1,11-12,15-20H2,2-4H3/t24?,25-,29?,30+,31-,32+,33?/m1/s1. The SMILES string of the molecule is C=CCC(O)(c1ccccc1)[C@]1(C)CC2[C@H]3Cc4ccc(OC)c5c4[C@@]2(CCN3CC2CC2)[C@@H](O5)C1OC. The number of likely N-dealkylation sites (tertiary alicyclic amines) is 1. The molecule has 5 nitrogen and oxygen atoms in total. The van der Waals surface area contributed by atoms with Crippen LogP contribution in [0.1, 0.15) is 55.7 Å². The van der Waals surface area contributed by atoms with Gasteiger partial charge < -0.3 is 19.3 Å². The maximum atomic E-state index is 12.8. The zero-order chi connectivity index (χ0) is 26.3. The minimum absolute atomic E-state index is 0.131. The van der Waals surface area contributed by atoms with Gasteiger partial charge in [-0.2, -0.15) is 0 Å². The lowest BCUT2D eigenvalue weighted by molar-refractivity contribution is -0.236. The van der Waals surface area contributed by atoms with Crippen LogP contribution in [-0.2, 0) is 22.2 Å². The topological polar surface area (TPSA) is 51.2 Å². The average molecular weight is 516 g/mol. The van der Waals surface area contributed by atoms with E-state index in [9.17, 15) is 5.11 Å². The highest BCUT2D eigenvalue weighted by Crippen LogP contribution is 2.69. The van der Waals surface area contributed by atoms with Crippen molar-refractivity contribution in [2.24, 2.45) is 17.3 Å². The van der Waals surface area contributed by atoms with Gasteiger partial charge in [0.1, 0.15) is 17.8 Å². The van der Waals surface area contributed by atoms with E-state index in [1.807, 2.05) is 24.3 Å². The van der Waals surface area contributed by atoms with Crippen molar-refractivity contribution in [1.29, 1.82) is 0 Å². The molecule has 202 valence electrons. The molecule has 0 amide bonds. The minimum Gasteiger partial charge on any atom is -0.493 e. The fraction of sp³-hybridized carbons (Fsp3) is 0.576. The van der Waals surface area contributed by atoms with E-state index in [-0.39, 0.29) is 17.6 Å². The maximum absolute atomic E-state index is 12.8. The molecule has 5 heteroatoms. The largest absolute Gasteiger partial charge is 0.493 e. The summed E-state index contributed by atoms with van der Waals surface area (Å²) in [4.78, 5) is 2.79. The first-order valence-corrected chi connectivity index (χ1v) is 14.4. The Bertz CT molecular complexity index is 1240. The monoisotopic (exact) mass is 515 g/mol. The van der Waals surface area contributed by atoms with Crippen molar-refractivity contribution in [2.75, 3.05) is 27.3 Å². The Hall–Kier alpha value is -2.34. The van der Waals surface area contributed by atoms with Crippen LogP contribution in [0.4, 0.5) is 0 Å². The zero-order valence-corrected chi connectivity index (χ0v) is 23.0. The average Bonchev–Trinajstić information content (AvgIpc) is 3.68. The van der Waals surface area contributed by atoms with Gasteiger partial charge in [-0.15, -0.1) is 6.58 Å². The van der Waals surface area contributed by atoms with Crippen molar-refractivity contribution in [3.05, 3.63) is 71.8 Å². The second-order valence-corrected chi connectivity index (χ2v) is 12.8. The molecule has 5 aliphatic rings. The number of benzene rings is 2. The minimum atomic E-state index is -1.14. The van der Waals surface area contributed by atoms with Crippen LogP contribution in [0, 0.1) is 17.3 Å². The number of hydrogen-bond acceptors (Lipinski definition) is 5. The molecule has 3 aliphatic carbocycles. The molecular weight excluding hydrogens is 474 g/mol. The smallest absolute Gasteiger partial charge is 0.165 e. The number of hydrogen-bond donors (Lipinski definition) is 1. The van der Waals surface area contributed by atoms with E-state index in [0.717, 1.165) is 48.8 Å². The highest BCUT2D eigenvalue weighted by molar-refractivity contribution is 5.61. The normalized spacial score (nSPS) is 36.6. The predicted octanol–water partition coefficient (Wildman–Crippen LogP) is 5.24. The van der Waals surface area contributed by atoms with Crippen LogP contribution in [0.15, 0.2) is 55.1 Å². The summed E-state index contributed by atoms with van der Waals surface area (Å²) in [6, 6.07) is 15.0. The Morgan fingerprint density at radius 3 is 2.66 bits per heavy atom. The van der Waals surface area contributed by atoms with E-state index in [1.165, 1.54) is 30.5 Å². The summed E-state index contributed by atoms with van der Waals surface area (Å²) in [5, 5.41) is 12.8. The van der Waals surface area contributed by atoms with Crippen molar-refractivity contribution in [3.8, 4) is 11.5 Å². The number of methoxy groups -OCH3 is 2. The Morgan fingerprint density at radius 2 is 1.97 bits per heavy atom. The summed E-state index contributed by atoms with van der Waals surface area (Å²) in [6.45, 7) is 8.60. The molecule has 0 aromatic heterocycles. The van der Waals surface area contributed by atoms with Crippen LogP contribution in [0.3, 0.4) is 0 Å². The van der Waals surface area contributed by atoms with E-state index in [0.29, 0.717) is 18.4 Å². The van der Waals surface area contributed by atoms with Crippen molar-refractivity contribution in [1.82, 2.24) is 4.90 Å². The summed E-state index contributed by atoms with van der Waals surface area (Å²) in [5.41, 5.74) is 1.83. The zero-order valence-electron chi connectivity index (χ0n) is 23.0. The molecule has 1 saturated heterocycles.